The number of ether oxygens (including phenoxy) is 1. The van der Waals surface area contributed by atoms with E-state index in [9.17, 15) is 9.90 Å². The van der Waals surface area contributed by atoms with Crippen LogP contribution in [0.5, 0.6) is 5.75 Å². The van der Waals surface area contributed by atoms with Crippen molar-refractivity contribution in [2.24, 2.45) is 0 Å². The molecule has 0 spiro atoms. The minimum absolute atomic E-state index is 0.552. The molecule has 0 aromatic heterocycles. The molecule has 1 atom stereocenters. The van der Waals surface area contributed by atoms with Crippen LogP contribution in [0.15, 0.2) is 18.2 Å². The van der Waals surface area contributed by atoms with E-state index in [1.807, 2.05) is 23.1 Å². The standard InChI is InChI=1S/C15H20N2O3/c18-15(19)14(17-7-5-16-6-8-17)12-3-4-13-11(10-12)2-1-9-20-13/h3-4,10,14,16H,1-2,5-9H2,(H,18,19). The third-order valence-electron chi connectivity index (χ3n) is 4.00. The van der Waals surface area contributed by atoms with Gasteiger partial charge in [0.1, 0.15) is 11.8 Å². The normalized spacial score (nSPS) is 20.8. The first kappa shape index (κ1) is 13.4. The van der Waals surface area contributed by atoms with Gasteiger partial charge in [-0.3, -0.25) is 9.69 Å². The Balaban J connectivity index is 1.88. The van der Waals surface area contributed by atoms with E-state index in [4.69, 9.17) is 4.74 Å². The Morgan fingerprint density at radius 2 is 2.15 bits per heavy atom. The van der Waals surface area contributed by atoms with Crippen molar-refractivity contribution in [2.75, 3.05) is 32.8 Å². The molecule has 5 nitrogen and oxygen atoms in total. The number of rotatable bonds is 3. The van der Waals surface area contributed by atoms with E-state index < -0.39 is 12.0 Å². The molecule has 1 saturated heterocycles. The van der Waals surface area contributed by atoms with Gasteiger partial charge in [0, 0.05) is 26.2 Å². The average Bonchev–Trinajstić information content (AvgIpc) is 2.48. The lowest BCUT2D eigenvalue weighted by atomic mass is 9.98. The fourth-order valence-corrected chi connectivity index (χ4v) is 3.00. The number of carbonyl (C=O) groups is 1. The molecule has 2 N–H and O–H groups in total. The van der Waals surface area contributed by atoms with E-state index in [-0.39, 0.29) is 0 Å². The number of nitrogens with zero attached hydrogens (tertiary/aromatic N) is 1. The first-order chi connectivity index (χ1) is 9.75. The molecule has 0 bridgehead atoms. The summed E-state index contributed by atoms with van der Waals surface area (Å²) in [6, 6.07) is 5.27. The maximum atomic E-state index is 11.7. The highest BCUT2D eigenvalue weighted by atomic mass is 16.5. The van der Waals surface area contributed by atoms with Crippen molar-refractivity contribution in [3.63, 3.8) is 0 Å². The molecule has 2 aliphatic heterocycles. The molecule has 108 valence electrons. The van der Waals surface area contributed by atoms with Crippen molar-refractivity contribution in [1.82, 2.24) is 10.2 Å². The third kappa shape index (κ3) is 2.64. The highest BCUT2D eigenvalue weighted by Crippen LogP contribution is 2.30. The second-order valence-corrected chi connectivity index (χ2v) is 5.35. The van der Waals surface area contributed by atoms with Gasteiger partial charge >= 0.3 is 5.97 Å². The SMILES string of the molecule is O=C(O)C(c1ccc2c(c1)CCCO2)N1CCNCC1. The number of aryl methyl sites for hydroxylation is 1. The van der Waals surface area contributed by atoms with Gasteiger partial charge in [-0.1, -0.05) is 6.07 Å². The lowest BCUT2D eigenvalue weighted by Crippen LogP contribution is -2.47. The van der Waals surface area contributed by atoms with Gasteiger partial charge in [0.2, 0.25) is 0 Å². The molecule has 0 radical (unpaired) electrons. The summed E-state index contributed by atoms with van der Waals surface area (Å²) in [6.07, 6.45) is 1.97. The smallest absolute Gasteiger partial charge is 0.325 e. The van der Waals surface area contributed by atoms with Crippen LogP contribution in [-0.2, 0) is 11.2 Å². The zero-order valence-electron chi connectivity index (χ0n) is 11.5. The molecule has 20 heavy (non-hydrogen) atoms. The largest absolute Gasteiger partial charge is 0.493 e. The van der Waals surface area contributed by atoms with Gasteiger partial charge in [-0.2, -0.15) is 0 Å². The predicted octanol–water partition coefficient (Wildman–Crippen LogP) is 1.04. The Bertz CT molecular complexity index is 498. The highest BCUT2D eigenvalue weighted by Gasteiger charge is 2.29. The molecule has 2 heterocycles. The Hall–Kier alpha value is -1.59. The van der Waals surface area contributed by atoms with E-state index >= 15 is 0 Å². The molecular formula is C15H20N2O3. The van der Waals surface area contributed by atoms with Crippen LogP contribution in [0, 0.1) is 0 Å². The Morgan fingerprint density at radius 3 is 2.90 bits per heavy atom. The van der Waals surface area contributed by atoms with Gasteiger partial charge in [-0.15, -0.1) is 0 Å². The molecule has 1 aromatic rings. The maximum Gasteiger partial charge on any atom is 0.325 e. The topological polar surface area (TPSA) is 61.8 Å². The van der Waals surface area contributed by atoms with Gasteiger partial charge in [-0.05, 0) is 36.1 Å². The van der Waals surface area contributed by atoms with Crippen molar-refractivity contribution >= 4 is 5.97 Å². The Labute approximate surface area is 118 Å². The minimum Gasteiger partial charge on any atom is -0.493 e. The summed E-state index contributed by atoms with van der Waals surface area (Å²) in [6.45, 7) is 3.98. The van der Waals surface area contributed by atoms with Crippen LogP contribution in [0.1, 0.15) is 23.6 Å². The number of aliphatic carboxylic acids is 1. The van der Waals surface area contributed by atoms with Crippen LogP contribution in [-0.4, -0.2) is 48.8 Å². The monoisotopic (exact) mass is 276 g/mol. The average molecular weight is 276 g/mol. The molecule has 1 fully saturated rings. The summed E-state index contributed by atoms with van der Waals surface area (Å²) in [5.74, 6) is 0.132. The van der Waals surface area contributed by atoms with Crippen LogP contribution in [0.25, 0.3) is 0 Å². The van der Waals surface area contributed by atoms with E-state index in [1.165, 1.54) is 0 Å². The first-order valence-electron chi connectivity index (χ1n) is 7.19. The summed E-state index contributed by atoms with van der Waals surface area (Å²) in [5, 5.41) is 12.8. The number of piperazine rings is 1. The fourth-order valence-electron chi connectivity index (χ4n) is 3.00. The zero-order valence-corrected chi connectivity index (χ0v) is 11.5. The predicted molar refractivity (Wildman–Crippen MR) is 75.1 cm³/mol. The van der Waals surface area contributed by atoms with Crippen LogP contribution in [0.4, 0.5) is 0 Å². The quantitative estimate of drug-likeness (QED) is 0.864. The minimum atomic E-state index is -0.774. The van der Waals surface area contributed by atoms with Crippen molar-refractivity contribution < 1.29 is 14.6 Å². The van der Waals surface area contributed by atoms with E-state index in [2.05, 4.69) is 5.32 Å². The fraction of sp³-hybridized carbons (Fsp3) is 0.533. The van der Waals surface area contributed by atoms with Gasteiger partial charge in [0.05, 0.1) is 6.61 Å². The van der Waals surface area contributed by atoms with Gasteiger partial charge < -0.3 is 15.2 Å². The number of carboxylic acids is 1. The third-order valence-corrected chi connectivity index (χ3v) is 4.00. The molecule has 0 amide bonds. The molecule has 1 aromatic carbocycles. The Kier molecular flexibility index (Phi) is 3.89. The summed E-state index contributed by atoms with van der Waals surface area (Å²) in [4.78, 5) is 13.7. The maximum absolute atomic E-state index is 11.7. The van der Waals surface area contributed by atoms with E-state index in [0.29, 0.717) is 0 Å². The van der Waals surface area contributed by atoms with Gasteiger partial charge in [0.25, 0.3) is 0 Å². The number of hydrogen-bond acceptors (Lipinski definition) is 4. The first-order valence-corrected chi connectivity index (χ1v) is 7.19. The Morgan fingerprint density at radius 1 is 1.35 bits per heavy atom. The van der Waals surface area contributed by atoms with Crippen LogP contribution in [0.3, 0.4) is 0 Å². The molecule has 2 aliphatic rings. The molecule has 0 saturated carbocycles. The number of fused-ring (bicyclic) bond motifs is 1. The summed E-state index contributed by atoms with van der Waals surface area (Å²) in [7, 11) is 0. The number of hydrogen-bond donors (Lipinski definition) is 2. The van der Waals surface area contributed by atoms with Crippen molar-refractivity contribution in [1.29, 1.82) is 0 Å². The van der Waals surface area contributed by atoms with Crippen molar-refractivity contribution in [3.05, 3.63) is 29.3 Å². The molecule has 3 rings (SSSR count). The number of benzene rings is 1. The van der Waals surface area contributed by atoms with Gasteiger partial charge in [0.15, 0.2) is 0 Å². The zero-order chi connectivity index (χ0) is 13.9. The van der Waals surface area contributed by atoms with E-state index in [0.717, 1.165) is 62.5 Å². The van der Waals surface area contributed by atoms with E-state index in [1.54, 1.807) is 0 Å². The van der Waals surface area contributed by atoms with Crippen molar-refractivity contribution in [3.8, 4) is 5.75 Å². The molecular weight excluding hydrogens is 256 g/mol. The lowest BCUT2D eigenvalue weighted by molar-refractivity contribution is -0.143. The lowest BCUT2D eigenvalue weighted by Gasteiger charge is -2.33. The van der Waals surface area contributed by atoms with Crippen LogP contribution in [0.2, 0.25) is 0 Å². The summed E-state index contributed by atoms with van der Waals surface area (Å²) < 4.78 is 5.59. The summed E-state index contributed by atoms with van der Waals surface area (Å²) in [5.41, 5.74) is 2.00. The molecule has 5 heteroatoms. The number of nitrogens with one attached hydrogen (secondary N) is 1. The molecule has 0 aliphatic carbocycles. The highest BCUT2D eigenvalue weighted by molar-refractivity contribution is 5.76. The second-order valence-electron chi connectivity index (χ2n) is 5.35. The van der Waals surface area contributed by atoms with Gasteiger partial charge in [-0.25, -0.2) is 0 Å². The second kappa shape index (κ2) is 5.81. The van der Waals surface area contributed by atoms with Crippen LogP contribution < -0.4 is 10.1 Å². The molecule has 1 unspecified atom stereocenters. The van der Waals surface area contributed by atoms with Crippen LogP contribution >= 0.6 is 0 Å². The number of carboxylic acid groups (broad SMARTS) is 1. The van der Waals surface area contributed by atoms with Crippen molar-refractivity contribution in [2.45, 2.75) is 18.9 Å². The summed E-state index contributed by atoms with van der Waals surface area (Å²) >= 11 is 0.